The van der Waals surface area contributed by atoms with Crippen LogP contribution in [0.25, 0.3) is 11.6 Å². The molecule has 4 aromatic rings. The van der Waals surface area contributed by atoms with Gasteiger partial charge in [0, 0.05) is 13.2 Å². The molecule has 0 saturated carbocycles. The van der Waals surface area contributed by atoms with Gasteiger partial charge in [0.2, 0.25) is 11.7 Å². The van der Waals surface area contributed by atoms with Gasteiger partial charge in [-0.2, -0.15) is 4.80 Å². The number of carbonyl (C=O) groups excluding carboxylic acids is 2. The number of rotatable bonds is 10. The zero-order valence-electron chi connectivity index (χ0n) is 20.6. The maximum atomic E-state index is 13.7. The highest BCUT2D eigenvalue weighted by atomic mass is 16.5. The van der Waals surface area contributed by atoms with Crippen LogP contribution in [0.1, 0.15) is 41.9 Å². The summed E-state index contributed by atoms with van der Waals surface area (Å²) in [7, 11) is 0. The Kier molecular flexibility index (Phi) is 7.17. The average Bonchev–Trinajstić information content (AvgIpc) is 3.69. The third-order valence-corrected chi connectivity index (χ3v) is 6.04. The van der Waals surface area contributed by atoms with Gasteiger partial charge in [-0.1, -0.05) is 0 Å². The molecule has 194 valence electrons. The molecule has 12 heteroatoms. The largest absolute Gasteiger partial charge is 0.467 e. The van der Waals surface area contributed by atoms with Crippen LogP contribution in [0.5, 0.6) is 0 Å². The number of carbonyl (C=O) groups is 2. The first kappa shape index (κ1) is 24.5. The minimum atomic E-state index is -1.05. The molecule has 1 fully saturated rings. The Bertz CT molecular complexity index is 1330. The molecule has 5 heterocycles. The second-order valence-electron chi connectivity index (χ2n) is 8.89. The maximum Gasteiger partial charge on any atom is 0.250 e. The van der Waals surface area contributed by atoms with Gasteiger partial charge in [0.1, 0.15) is 29.6 Å². The summed E-state index contributed by atoms with van der Waals surface area (Å²) in [5, 5.41) is 15.2. The number of aromatic nitrogens is 4. The first-order chi connectivity index (χ1) is 18.0. The summed E-state index contributed by atoms with van der Waals surface area (Å²) in [5.41, 5.74) is 0. The zero-order valence-corrected chi connectivity index (χ0v) is 20.6. The van der Waals surface area contributed by atoms with E-state index in [0.29, 0.717) is 42.0 Å². The molecule has 37 heavy (non-hydrogen) atoms. The molecule has 4 aromatic heterocycles. The predicted octanol–water partition coefficient (Wildman–Crippen LogP) is 2.80. The van der Waals surface area contributed by atoms with Crippen molar-refractivity contribution < 1.29 is 27.6 Å². The highest BCUT2D eigenvalue weighted by molar-refractivity contribution is 5.88. The summed E-state index contributed by atoms with van der Waals surface area (Å²) in [6.45, 7) is 4.37. The number of hydrogen-bond acceptors (Lipinski definition) is 9. The Morgan fingerprint density at radius 2 is 2.00 bits per heavy atom. The summed E-state index contributed by atoms with van der Waals surface area (Å²) in [6, 6.07) is 9.37. The molecule has 0 radical (unpaired) electrons. The minimum Gasteiger partial charge on any atom is -0.467 e. The first-order valence-electron chi connectivity index (χ1n) is 12.1. The van der Waals surface area contributed by atoms with E-state index in [-0.39, 0.29) is 30.9 Å². The molecule has 0 spiro atoms. The predicted molar refractivity (Wildman–Crippen MR) is 128 cm³/mol. The summed E-state index contributed by atoms with van der Waals surface area (Å²) >= 11 is 0. The van der Waals surface area contributed by atoms with Crippen molar-refractivity contribution in [3.8, 4) is 11.6 Å². The molecular weight excluding hydrogens is 480 g/mol. The standard InChI is InChI=1S/C25H28N6O6/c1-16-7-9-20(36-16)23(25(33)26-13-18-5-3-11-34-18)30(14-19-6-4-12-35-19)22(32)15-31-28-24(27-29-31)21-10-8-17(2)37-21/h4,6-10,12,18,23H,3,5,11,13-15H2,1-2H3,(H,26,33)/t18-,23-/m0/s1. The van der Waals surface area contributed by atoms with Crippen molar-refractivity contribution >= 4 is 11.8 Å². The first-order valence-corrected chi connectivity index (χ1v) is 12.1. The number of nitrogens with zero attached hydrogens (tertiary/aromatic N) is 5. The normalized spacial score (nSPS) is 16.1. The lowest BCUT2D eigenvalue weighted by atomic mass is 10.1. The fourth-order valence-electron chi connectivity index (χ4n) is 4.21. The maximum absolute atomic E-state index is 13.7. The van der Waals surface area contributed by atoms with Crippen LogP contribution in [0.3, 0.4) is 0 Å². The van der Waals surface area contributed by atoms with Gasteiger partial charge in [-0.15, -0.1) is 10.2 Å². The molecule has 2 amide bonds. The number of amides is 2. The van der Waals surface area contributed by atoms with Gasteiger partial charge < -0.3 is 28.2 Å². The molecule has 1 N–H and O–H groups in total. The molecule has 0 bridgehead atoms. The van der Waals surface area contributed by atoms with E-state index in [9.17, 15) is 9.59 Å². The third-order valence-electron chi connectivity index (χ3n) is 6.04. The summed E-state index contributed by atoms with van der Waals surface area (Å²) in [4.78, 5) is 29.7. The Morgan fingerprint density at radius 1 is 1.16 bits per heavy atom. The molecule has 5 rings (SSSR count). The fraction of sp³-hybridized carbons (Fsp3) is 0.400. The number of tetrazole rings is 1. The van der Waals surface area contributed by atoms with Crippen LogP contribution >= 0.6 is 0 Å². The van der Waals surface area contributed by atoms with Gasteiger partial charge in [0.25, 0.3) is 5.91 Å². The van der Waals surface area contributed by atoms with Gasteiger partial charge in [-0.25, -0.2) is 0 Å². The van der Waals surface area contributed by atoms with Crippen LogP contribution in [-0.2, 0) is 27.4 Å². The van der Waals surface area contributed by atoms with Gasteiger partial charge in [-0.05, 0) is 68.3 Å². The summed E-state index contributed by atoms with van der Waals surface area (Å²) in [6.07, 6.45) is 3.28. The summed E-state index contributed by atoms with van der Waals surface area (Å²) in [5.74, 6) is 2.05. The lowest BCUT2D eigenvalue weighted by molar-refractivity contribution is -0.143. The van der Waals surface area contributed by atoms with Crippen molar-refractivity contribution in [1.82, 2.24) is 30.4 Å². The smallest absolute Gasteiger partial charge is 0.250 e. The van der Waals surface area contributed by atoms with Crippen molar-refractivity contribution in [2.45, 2.75) is 51.9 Å². The molecule has 1 aliphatic rings. The van der Waals surface area contributed by atoms with Crippen molar-refractivity contribution in [2.24, 2.45) is 0 Å². The van der Waals surface area contributed by atoms with E-state index in [1.165, 1.54) is 16.0 Å². The lowest BCUT2D eigenvalue weighted by Crippen LogP contribution is -2.46. The van der Waals surface area contributed by atoms with E-state index in [2.05, 4.69) is 20.7 Å². The number of nitrogens with one attached hydrogen (secondary N) is 1. The van der Waals surface area contributed by atoms with Crippen molar-refractivity contribution in [3.63, 3.8) is 0 Å². The highest BCUT2D eigenvalue weighted by Gasteiger charge is 2.35. The molecule has 0 aliphatic carbocycles. The Labute approximate surface area is 212 Å². The van der Waals surface area contributed by atoms with Gasteiger partial charge in [-0.3, -0.25) is 9.59 Å². The topological polar surface area (TPSA) is 142 Å². The fourth-order valence-corrected chi connectivity index (χ4v) is 4.21. The van der Waals surface area contributed by atoms with E-state index in [1.807, 2.05) is 6.92 Å². The quantitative estimate of drug-likeness (QED) is 0.342. The number of aryl methyl sites for hydroxylation is 2. The monoisotopic (exact) mass is 508 g/mol. The Balaban J connectivity index is 1.40. The third kappa shape index (κ3) is 5.80. The second kappa shape index (κ2) is 10.8. The van der Waals surface area contributed by atoms with Gasteiger partial charge >= 0.3 is 0 Å². The van der Waals surface area contributed by atoms with E-state index >= 15 is 0 Å². The molecule has 12 nitrogen and oxygen atoms in total. The highest BCUT2D eigenvalue weighted by Crippen LogP contribution is 2.27. The van der Waals surface area contributed by atoms with Crippen LogP contribution in [0.15, 0.2) is 55.9 Å². The van der Waals surface area contributed by atoms with E-state index in [1.54, 1.807) is 43.3 Å². The molecular formula is C25H28N6O6. The van der Waals surface area contributed by atoms with Gasteiger partial charge in [0.05, 0.1) is 18.9 Å². The average molecular weight is 509 g/mol. The minimum absolute atomic E-state index is 0.0303. The number of hydrogen-bond donors (Lipinski definition) is 1. The summed E-state index contributed by atoms with van der Waals surface area (Å²) < 4.78 is 22.5. The van der Waals surface area contributed by atoms with Crippen LogP contribution in [0.2, 0.25) is 0 Å². The molecule has 1 saturated heterocycles. The number of furan rings is 3. The van der Waals surface area contributed by atoms with Crippen molar-refractivity contribution in [3.05, 3.63) is 65.7 Å². The van der Waals surface area contributed by atoms with E-state index < -0.39 is 11.9 Å². The Morgan fingerprint density at radius 3 is 2.68 bits per heavy atom. The van der Waals surface area contributed by atoms with E-state index in [4.69, 9.17) is 18.0 Å². The molecule has 1 aliphatic heterocycles. The van der Waals surface area contributed by atoms with E-state index in [0.717, 1.165) is 12.8 Å². The lowest BCUT2D eigenvalue weighted by Gasteiger charge is -2.29. The second-order valence-corrected chi connectivity index (χ2v) is 8.89. The number of ether oxygens (including phenoxy) is 1. The van der Waals surface area contributed by atoms with Crippen LogP contribution in [0, 0.1) is 13.8 Å². The SMILES string of the molecule is Cc1ccc(-c2nnn(CC(=O)N(Cc3ccco3)[C@H](C(=O)NC[C@@H]3CCCO3)c3ccc(C)o3)n2)o1. The van der Waals surface area contributed by atoms with Gasteiger partial charge in [0.15, 0.2) is 11.8 Å². The van der Waals surface area contributed by atoms with Crippen molar-refractivity contribution in [2.75, 3.05) is 13.2 Å². The molecule has 0 aromatic carbocycles. The van der Waals surface area contributed by atoms with Crippen molar-refractivity contribution in [1.29, 1.82) is 0 Å². The zero-order chi connectivity index (χ0) is 25.8. The van der Waals surface area contributed by atoms with Crippen LogP contribution in [0.4, 0.5) is 0 Å². The Hall–Kier alpha value is -4.19. The molecule has 0 unspecified atom stereocenters. The molecule has 2 atom stereocenters. The van der Waals surface area contributed by atoms with Crippen LogP contribution in [-0.4, -0.2) is 56.2 Å². The van der Waals surface area contributed by atoms with Crippen LogP contribution < -0.4 is 5.32 Å².